The average molecular weight is 311 g/mol. The van der Waals surface area contributed by atoms with Crippen LogP contribution in [0.1, 0.15) is 28.8 Å². The van der Waals surface area contributed by atoms with Crippen LogP contribution in [0.25, 0.3) is 5.65 Å². The number of fused-ring (bicyclic) bond motifs is 1. The first-order valence-electron chi connectivity index (χ1n) is 7.56. The van der Waals surface area contributed by atoms with Crippen LogP contribution >= 0.6 is 0 Å². The van der Waals surface area contributed by atoms with Gasteiger partial charge in [0, 0.05) is 38.4 Å². The molecule has 7 nitrogen and oxygen atoms in total. The number of nitrogens with one attached hydrogen (secondary N) is 1. The normalized spacial score (nSPS) is 20.9. The molecule has 3 aromatic heterocycles. The topological polar surface area (TPSA) is 73.5 Å². The molecule has 4 rings (SSSR count). The number of hydrogen-bond donors (Lipinski definition) is 1. The lowest BCUT2D eigenvalue weighted by molar-refractivity contribution is 0.0776. The van der Waals surface area contributed by atoms with Crippen molar-refractivity contribution < 1.29 is 9.53 Å². The Morgan fingerprint density at radius 1 is 1.39 bits per heavy atom. The van der Waals surface area contributed by atoms with E-state index in [1.165, 1.54) is 0 Å². The molecule has 23 heavy (non-hydrogen) atoms. The predicted molar refractivity (Wildman–Crippen MR) is 83.0 cm³/mol. The summed E-state index contributed by atoms with van der Waals surface area (Å²) in [6.07, 6.45) is 7.74. The zero-order valence-electron chi connectivity index (χ0n) is 12.7. The highest BCUT2D eigenvalue weighted by atomic mass is 16.5. The molecular weight excluding hydrogens is 294 g/mol. The predicted octanol–water partition coefficient (Wildman–Crippen LogP) is 1.33. The molecule has 0 radical (unpaired) electrons. The van der Waals surface area contributed by atoms with Gasteiger partial charge in [0.15, 0.2) is 0 Å². The molecule has 3 aromatic rings. The summed E-state index contributed by atoms with van der Waals surface area (Å²) in [4.78, 5) is 21.2. The van der Waals surface area contributed by atoms with Crippen LogP contribution in [-0.2, 0) is 11.8 Å². The summed E-state index contributed by atoms with van der Waals surface area (Å²) < 4.78 is 9.51. The Labute approximate surface area is 132 Å². The van der Waals surface area contributed by atoms with Crippen molar-refractivity contribution >= 4 is 11.6 Å². The van der Waals surface area contributed by atoms with Crippen molar-refractivity contribution in [2.45, 2.75) is 18.6 Å². The minimum Gasteiger partial charge on any atom is -0.368 e. The number of amides is 1. The van der Waals surface area contributed by atoms with Crippen molar-refractivity contribution in [3.63, 3.8) is 0 Å². The Morgan fingerprint density at radius 3 is 3.09 bits per heavy atom. The molecule has 0 saturated carbocycles. The fourth-order valence-electron chi connectivity index (χ4n) is 2.93. The second-order valence-electron chi connectivity index (χ2n) is 5.65. The number of carbonyl (C=O) groups is 1. The molecule has 1 amide bonds. The Bertz CT molecular complexity index is 820. The number of hydrogen-bond acceptors (Lipinski definition) is 4. The van der Waals surface area contributed by atoms with Gasteiger partial charge in [0.05, 0.1) is 6.04 Å². The average Bonchev–Trinajstić information content (AvgIpc) is 3.25. The molecule has 1 saturated heterocycles. The van der Waals surface area contributed by atoms with Gasteiger partial charge in [-0.3, -0.25) is 4.79 Å². The van der Waals surface area contributed by atoms with Gasteiger partial charge in [0.2, 0.25) is 0 Å². The third-order valence-electron chi connectivity index (χ3n) is 4.12. The fourth-order valence-corrected chi connectivity index (χ4v) is 2.93. The van der Waals surface area contributed by atoms with Gasteiger partial charge < -0.3 is 19.0 Å². The van der Waals surface area contributed by atoms with Gasteiger partial charge in [-0.15, -0.1) is 0 Å². The highest BCUT2D eigenvalue weighted by Crippen LogP contribution is 2.27. The van der Waals surface area contributed by atoms with Crippen molar-refractivity contribution in [2.24, 2.45) is 7.05 Å². The Morgan fingerprint density at radius 2 is 2.30 bits per heavy atom. The number of nitrogens with zero attached hydrogens (tertiary/aromatic N) is 4. The lowest BCUT2D eigenvalue weighted by atomic mass is 10.1. The smallest absolute Gasteiger partial charge is 0.271 e. The summed E-state index contributed by atoms with van der Waals surface area (Å²) in [5.41, 5.74) is 1.16. The van der Waals surface area contributed by atoms with E-state index < -0.39 is 0 Å². The standard InChI is InChI=1S/C16H17N5O2/c1-20-8-6-17-15(20)14-11(5-9-23-14)19-16(22)12-10-21-7-3-2-4-13(21)18-12/h2-4,6-8,10-11,14H,5,9H2,1H3,(H,19,22)/t11-,14-/m0/s1. The summed E-state index contributed by atoms with van der Waals surface area (Å²) in [6.45, 7) is 0.605. The van der Waals surface area contributed by atoms with Gasteiger partial charge in [-0.25, -0.2) is 9.97 Å². The molecular formula is C16H17N5O2. The SMILES string of the molecule is Cn1ccnc1[C@H]1OCC[C@@H]1NC(=O)c1cn2ccccc2n1. The monoisotopic (exact) mass is 311 g/mol. The largest absolute Gasteiger partial charge is 0.368 e. The van der Waals surface area contributed by atoms with Gasteiger partial charge >= 0.3 is 0 Å². The van der Waals surface area contributed by atoms with Crippen LogP contribution in [-0.4, -0.2) is 37.5 Å². The van der Waals surface area contributed by atoms with Crippen molar-refractivity contribution in [1.82, 2.24) is 24.3 Å². The minimum absolute atomic E-state index is 0.103. The van der Waals surface area contributed by atoms with E-state index >= 15 is 0 Å². The van der Waals surface area contributed by atoms with E-state index in [-0.39, 0.29) is 18.1 Å². The van der Waals surface area contributed by atoms with Crippen molar-refractivity contribution in [2.75, 3.05) is 6.61 Å². The van der Waals surface area contributed by atoms with E-state index in [0.29, 0.717) is 12.3 Å². The van der Waals surface area contributed by atoms with Gasteiger partial charge in [0.1, 0.15) is 23.3 Å². The van der Waals surface area contributed by atoms with Crippen LogP contribution in [0.5, 0.6) is 0 Å². The molecule has 1 fully saturated rings. The van der Waals surface area contributed by atoms with Crippen LogP contribution in [0.15, 0.2) is 43.0 Å². The third kappa shape index (κ3) is 2.49. The summed E-state index contributed by atoms with van der Waals surface area (Å²) in [5.74, 6) is 0.631. The highest BCUT2D eigenvalue weighted by molar-refractivity contribution is 5.93. The molecule has 7 heteroatoms. The van der Waals surface area contributed by atoms with Gasteiger partial charge in [0.25, 0.3) is 5.91 Å². The molecule has 1 N–H and O–H groups in total. The summed E-state index contributed by atoms with van der Waals surface area (Å²) in [5, 5.41) is 3.03. The lowest BCUT2D eigenvalue weighted by Gasteiger charge is -2.19. The first-order chi connectivity index (χ1) is 11.2. The molecule has 0 unspecified atom stereocenters. The van der Waals surface area contributed by atoms with Crippen molar-refractivity contribution in [1.29, 1.82) is 0 Å². The highest BCUT2D eigenvalue weighted by Gasteiger charge is 2.34. The van der Waals surface area contributed by atoms with E-state index in [0.717, 1.165) is 17.9 Å². The van der Waals surface area contributed by atoms with Crippen LogP contribution < -0.4 is 5.32 Å². The number of carbonyl (C=O) groups excluding carboxylic acids is 1. The molecule has 0 aromatic carbocycles. The molecule has 0 spiro atoms. The number of ether oxygens (including phenoxy) is 1. The van der Waals surface area contributed by atoms with Crippen LogP contribution in [0.3, 0.4) is 0 Å². The van der Waals surface area contributed by atoms with Crippen LogP contribution in [0, 0.1) is 0 Å². The van der Waals surface area contributed by atoms with Crippen molar-refractivity contribution in [3.05, 3.63) is 54.5 Å². The number of pyridine rings is 1. The molecule has 1 aliphatic heterocycles. The number of rotatable bonds is 3. The van der Waals surface area contributed by atoms with Gasteiger partial charge in [-0.05, 0) is 18.6 Å². The number of imidazole rings is 2. The van der Waals surface area contributed by atoms with Gasteiger partial charge in [-0.1, -0.05) is 6.07 Å². The van der Waals surface area contributed by atoms with Crippen LogP contribution in [0.4, 0.5) is 0 Å². The second-order valence-corrected chi connectivity index (χ2v) is 5.65. The second kappa shape index (κ2) is 5.51. The quantitative estimate of drug-likeness (QED) is 0.792. The van der Waals surface area contributed by atoms with E-state index in [2.05, 4.69) is 15.3 Å². The number of aryl methyl sites for hydroxylation is 1. The number of aromatic nitrogens is 4. The lowest BCUT2D eigenvalue weighted by Crippen LogP contribution is -2.37. The zero-order valence-corrected chi connectivity index (χ0v) is 12.7. The molecule has 4 heterocycles. The first kappa shape index (κ1) is 14.0. The maximum Gasteiger partial charge on any atom is 0.271 e. The molecule has 0 aliphatic carbocycles. The van der Waals surface area contributed by atoms with E-state index in [4.69, 9.17) is 4.74 Å². The zero-order chi connectivity index (χ0) is 15.8. The van der Waals surface area contributed by atoms with E-state index in [1.807, 2.05) is 46.6 Å². The molecule has 0 bridgehead atoms. The summed E-state index contributed by atoms with van der Waals surface area (Å²) in [7, 11) is 1.92. The molecule has 2 atom stereocenters. The minimum atomic E-state index is -0.226. The fraction of sp³-hybridized carbons (Fsp3) is 0.312. The summed E-state index contributed by atoms with van der Waals surface area (Å²) >= 11 is 0. The van der Waals surface area contributed by atoms with E-state index in [9.17, 15) is 4.79 Å². The maximum absolute atomic E-state index is 12.5. The third-order valence-corrected chi connectivity index (χ3v) is 4.12. The molecule has 1 aliphatic rings. The Hall–Kier alpha value is -2.67. The van der Waals surface area contributed by atoms with E-state index in [1.54, 1.807) is 12.4 Å². The first-order valence-corrected chi connectivity index (χ1v) is 7.56. The maximum atomic E-state index is 12.5. The van der Waals surface area contributed by atoms with Gasteiger partial charge in [-0.2, -0.15) is 0 Å². The Balaban J connectivity index is 1.54. The molecule has 118 valence electrons. The van der Waals surface area contributed by atoms with Crippen LogP contribution in [0.2, 0.25) is 0 Å². The van der Waals surface area contributed by atoms with Crippen molar-refractivity contribution in [3.8, 4) is 0 Å². The summed E-state index contributed by atoms with van der Waals surface area (Å²) in [6, 6.07) is 5.56. The Kier molecular flexibility index (Phi) is 3.34.